The van der Waals surface area contributed by atoms with Gasteiger partial charge in [-0.3, -0.25) is 0 Å². The van der Waals surface area contributed by atoms with Crippen LogP contribution in [0, 0.1) is 0 Å². The second kappa shape index (κ2) is 11.6. The molecule has 0 unspecified atom stereocenters. The first-order valence-electron chi connectivity index (χ1n) is 18.4. The van der Waals surface area contributed by atoms with Crippen LogP contribution in [0.25, 0.3) is 32.7 Å². The minimum atomic E-state index is -0.415. The Hall–Kier alpha value is -6.90. The van der Waals surface area contributed by atoms with E-state index in [4.69, 9.17) is 0 Å². The van der Waals surface area contributed by atoms with Gasteiger partial charge in [0.05, 0.1) is 16.8 Å². The maximum atomic E-state index is 2.46. The maximum Gasteiger partial charge on any atom is 0.0754 e. The van der Waals surface area contributed by atoms with Crippen LogP contribution < -0.4 is 9.80 Å². The van der Waals surface area contributed by atoms with Crippen LogP contribution >= 0.6 is 0 Å². The van der Waals surface area contributed by atoms with Gasteiger partial charge in [0.2, 0.25) is 0 Å². The van der Waals surface area contributed by atoms with E-state index in [1.165, 1.54) is 66.3 Å². The number of fused-ring (bicyclic) bond motifs is 6. The Balaban J connectivity index is 1.01. The number of nitrogens with zero attached hydrogens (tertiary/aromatic N) is 2. The molecule has 248 valence electrons. The van der Waals surface area contributed by atoms with Gasteiger partial charge >= 0.3 is 0 Å². The number of para-hydroxylation sites is 4. The van der Waals surface area contributed by atoms with Crippen LogP contribution in [0.3, 0.4) is 0 Å². The van der Waals surface area contributed by atoms with E-state index in [0.29, 0.717) is 0 Å². The summed E-state index contributed by atoms with van der Waals surface area (Å²) < 4.78 is 0. The number of hydrogen-bond donors (Lipinski definition) is 0. The molecule has 0 radical (unpaired) electrons. The summed E-state index contributed by atoms with van der Waals surface area (Å²) in [6.45, 7) is 0. The van der Waals surface area contributed by atoms with Gasteiger partial charge in [0.25, 0.3) is 0 Å². The third-order valence-electron chi connectivity index (χ3n) is 11.4. The molecular formula is C51H34N2. The van der Waals surface area contributed by atoms with Gasteiger partial charge in [-0.2, -0.15) is 0 Å². The first kappa shape index (κ1) is 29.8. The zero-order chi connectivity index (χ0) is 34.9. The molecule has 0 bridgehead atoms. The average molecular weight is 675 g/mol. The lowest BCUT2D eigenvalue weighted by Gasteiger charge is -2.45. The molecule has 1 aliphatic carbocycles. The number of anilines is 6. The quantitative estimate of drug-likeness (QED) is 0.168. The van der Waals surface area contributed by atoms with Crippen molar-refractivity contribution in [2.75, 3.05) is 9.80 Å². The van der Waals surface area contributed by atoms with Crippen molar-refractivity contribution in [2.45, 2.75) is 5.41 Å². The van der Waals surface area contributed by atoms with Crippen LogP contribution in [-0.4, -0.2) is 0 Å². The average Bonchev–Trinajstić information content (AvgIpc) is 3.54. The van der Waals surface area contributed by atoms with Crippen LogP contribution in [0.2, 0.25) is 0 Å². The van der Waals surface area contributed by atoms with Crippen LogP contribution in [-0.2, 0) is 5.41 Å². The predicted molar refractivity (Wildman–Crippen MR) is 222 cm³/mol. The van der Waals surface area contributed by atoms with Gasteiger partial charge < -0.3 is 9.80 Å². The first-order valence-corrected chi connectivity index (χ1v) is 18.4. The molecule has 53 heavy (non-hydrogen) atoms. The highest BCUT2D eigenvalue weighted by molar-refractivity contribution is 6.17. The van der Waals surface area contributed by atoms with Crippen molar-refractivity contribution < 1.29 is 0 Å². The number of benzene rings is 9. The second-order valence-electron chi connectivity index (χ2n) is 14.1. The highest BCUT2D eigenvalue weighted by Crippen LogP contribution is 2.62. The SMILES string of the molecule is c1ccc(N(c2ccccc2)c2ccc(-c3ccc(N4c5ccccc5C5(c6ccccc64)c4cccc6ccc7cccc5c7c46)cc3)cc2)cc1. The molecule has 0 saturated carbocycles. The molecule has 0 amide bonds. The summed E-state index contributed by atoms with van der Waals surface area (Å²) in [7, 11) is 0. The van der Waals surface area contributed by atoms with Gasteiger partial charge in [-0.15, -0.1) is 0 Å². The number of hydrogen-bond acceptors (Lipinski definition) is 2. The van der Waals surface area contributed by atoms with Gasteiger partial charge in [0.15, 0.2) is 0 Å². The normalized spacial score (nSPS) is 13.4. The van der Waals surface area contributed by atoms with E-state index >= 15 is 0 Å². The van der Waals surface area contributed by atoms with Crippen LogP contribution in [0.4, 0.5) is 34.1 Å². The van der Waals surface area contributed by atoms with E-state index in [9.17, 15) is 0 Å². The summed E-state index contributed by atoms with van der Waals surface area (Å²) in [6, 6.07) is 75.5. The molecule has 2 heteroatoms. The van der Waals surface area contributed by atoms with Gasteiger partial charge in [-0.1, -0.05) is 146 Å². The molecule has 1 spiro atoms. The van der Waals surface area contributed by atoms with Gasteiger partial charge in [-0.25, -0.2) is 0 Å². The predicted octanol–water partition coefficient (Wildman–Crippen LogP) is 13.6. The molecule has 0 aromatic heterocycles. The topological polar surface area (TPSA) is 6.48 Å². The van der Waals surface area contributed by atoms with E-state index in [2.05, 4.69) is 216 Å². The lowest BCUT2D eigenvalue weighted by Crippen LogP contribution is -2.36. The van der Waals surface area contributed by atoms with Crippen molar-refractivity contribution in [2.24, 2.45) is 0 Å². The van der Waals surface area contributed by atoms with Crippen molar-refractivity contribution in [3.05, 3.63) is 229 Å². The highest BCUT2D eigenvalue weighted by Gasteiger charge is 2.50. The van der Waals surface area contributed by atoms with E-state index in [-0.39, 0.29) is 0 Å². The zero-order valence-electron chi connectivity index (χ0n) is 29.0. The minimum absolute atomic E-state index is 0.415. The van der Waals surface area contributed by atoms with Gasteiger partial charge in [-0.05, 0) is 116 Å². The fourth-order valence-electron chi connectivity index (χ4n) is 9.24. The second-order valence-corrected chi connectivity index (χ2v) is 14.1. The Morgan fingerprint density at radius 1 is 0.321 bits per heavy atom. The molecule has 0 saturated heterocycles. The van der Waals surface area contributed by atoms with Crippen LogP contribution in [0.15, 0.2) is 206 Å². The molecule has 2 aliphatic rings. The van der Waals surface area contributed by atoms with Gasteiger partial charge in [0.1, 0.15) is 0 Å². The highest BCUT2D eigenvalue weighted by atomic mass is 15.2. The van der Waals surface area contributed by atoms with Crippen molar-refractivity contribution >= 4 is 55.7 Å². The Bertz CT molecular complexity index is 2670. The molecule has 0 fully saturated rings. The van der Waals surface area contributed by atoms with Crippen molar-refractivity contribution in [1.82, 2.24) is 0 Å². The summed E-state index contributed by atoms with van der Waals surface area (Å²) in [5.74, 6) is 0. The Labute approximate surface area is 309 Å². The summed E-state index contributed by atoms with van der Waals surface area (Å²) in [4.78, 5) is 4.76. The molecule has 0 N–H and O–H groups in total. The lowest BCUT2D eigenvalue weighted by atomic mass is 9.64. The van der Waals surface area contributed by atoms with E-state index in [1.807, 2.05) is 0 Å². The molecule has 1 aliphatic heterocycles. The Morgan fingerprint density at radius 2 is 0.736 bits per heavy atom. The molecule has 2 nitrogen and oxygen atoms in total. The van der Waals surface area contributed by atoms with E-state index < -0.39 is 5.41 Å². The Morgan fingerprint density at radius 3 is 1.25 bits per heavy atom. The summed E-state index contributed by atoms with van der Waals surface area (Å²) in [5, 5.41) is 5.36. The fourth-order valence-corrected chi connectivity index (χ4v) is 9.24. The molecule has 1 heterocycles. The fraction of sp³-hybridized carbons (Fsp3) is 0.0196. The van der Waals surface area contributed by atoms with E-state index in [1.54, 1.807) is 0 Å². The molecule has 0 atom stereocenters. The third-order valence-corrected chi connectivity index (χ3v) is 11.4. The lowest BCUT2D eigenvalue weighted by molar-refractivity contribution is 0.755. The standard InChI is InChI=1S/C51H34N2/c1-3-15-39(16-4-1)52(40-17-5-2-6-18-40)41-31-27-35(28-32-41)36-29-33-42(34-30-36)53-47-23-9-7-19-43(47)51(44-20-8-10-24-48(44)53)45-21-11-13-37-25-26-38-14-12-22-46(51)50(38)49(37)45/h1-34H. The number of rotatable bonds is 5. The molecule has 11 rings (SSSR count). The van der Waals surface area contributed by atoms with Crippen molar-refractivity contribution in [1.29, 1.82) is 0 Å². The Kier molecular flexibility index (Phi) is 6.50. The maximum absolute atomic E-state index is 2.46. The molecular weight excluding hydrogens is 641 g/mol. The smallest absolute Gasteiger partial charge is 0.0754 e. The molecule has 9 aromatic rings. The third kappa shape index (κ3) is 4.27. The van der Waals surface area contributed by atoms with Crippen LogP contribution in [0.1, 0.15) is 22.3 Å². The zero-order valence-corrected chi connectivity index (χ0v) is 29.0. The monoisotopic (exact) mass is 674 g/mol. The van der Waals surface area contributed by atoms with E-state index in [0.717, 1.165) is 22.7 Å². The summed E-state index contributed by atoms with van der Waals surface area (Å²) >= 11 is 0. The van der Waals surface area contributed by atoms with Gasteiger partial charge in [0, 0.05) is 22.7 Å². The summed E-state index contributed by atoms with van der Waals surface area (Å²) in [5.41, 5.74) is 14.3. The largest absolute Gasteiger partial charge is 0.311 e. The van der Waals surface area contributed by atoms with Crippen molar-refractivity contribution in [3.63, 3.8) is 0 Å². The minimum Gasteiger partial charge on any atom is -0.311 e. The van der Waals surface area contributed by atoms with Crippen LogP contribution in [0.5, 0.6) is 0 Å². The summed E-state index contributed by atoms with van der Waals surface area (Å²) in [6.07, 6.45) is 0. The molecule has 9 aromatic carbocycles. The first-order chi connectivity index (χ1) is 26.3. The van der Waals surface area contributed by atoms with Crippen molar-refractivity contribution in [3.8, 4) is 11.1 Å².